The summed E-state index contributed by atoms with van der Waals surface area (Å²) in [5, 5.41) is 9.16. The van der Waals surface area contributed by atoms with Crippen molar-refractivity contribution in [2.24, 2.45) is 0 Å². The van der Waals surface area contributed by atoms with Crippen LogP contribution in [0.5, 0.6) is 11.5 Å². The van der Waals surface area contributed by atoms with Gasteiger partial charge in [-0.15, -0.1) is 0 Å². The molecule has 3 nitrogen and oxygen atoms in total. The molecule has 0 atom stereocenters. The van der Waals surface area contributed by atoms with Crippen LogP contribution >= 0.6 is 15.9 Å². The number of hydrogen-bond donors (Lipinski definition) is 0. The third kappa shape index (κ3) is 2.14. The number of nitrogens with zero attached hydrogens (tertiary/aromatic N) is 1. The molecule has 0 saturated carbocycles. The summed E-state index contributed by atoms with van der Waals surface area (Å²) in [6.45, 7) is 4.04. The molecule has 0 aliphatic heterocycles. The van der Waals surface area contributed by atoms with E-state index < -0.39 is 0 Å². The smallest absolute Gasteiger partial charge is 0.165 e. The summed E-state index contributed by atoms with van der Waals surface area (Å²) < 4.78 is 11.3. The standard InChI is InChI=1S/C12H14BrNO2/c1-7(2)11-8(6-14)9(13)5-10(15-3)12(11)16-4/h5,7H,1-4H3. The average molecular weight is 284 g/mol. The first kappa shape index (κ1) is 12.9. The second-order valence-electron chi connectivity index (χ2n) is 3.65. The lowest BCUT2D eigenvalue weighted by Crippen LogP contribution is -2.01. The molecular weight excluding hydrogens is 270 g/mol. The van der Waals surface area contributed by atoms with Gasteiger partial charge in [-0.25, -0.2) is 0 Å². The van der Waals surface area contributed by atoms with Gasteiger partial charge in [0.15, 0.2) is 11.5 Å². The molecule has 4 heteroatoms. The van der Waals surface area contributed by atoms with E-state index in [4.69, 9.17) is 14.7 Å². The minimum Gasteiger partial charge on any atom is -0.493 e. The number of rotatable bonds is 3. The molecule has 0 spiro atoms. The maximum absolute atomic E-state index is 9.16. The monoisotopic (exact) mass is 283 g/mol. The zero-order valence-corrected chi connectivity index (χ0v) is 11.4. The SMILES string of the molecule is COc1cc(Br)c(C#N)c(C(C)C)c1OC. The number of hydrogen-bond acceptors (Lipinski definition) is 3. The molecular formula is C12H14BrNO2. The lowest BCUT2D eigenvalue weighted by Gasteiger charge is -2.17. The summed E-state index contributed by atoms with van der Waals surface area (Å²) in [5.41, 5.74) is 1.48. The molecule has 0 amide bonds. The van der Waals surface area contributed by atoms with Crippen LogP contribution in [0.25, 0.3) is 0 Å². The van der Waals surface area contributed by atoms with Gasteiger partial charge < -0.3 is 9.47 Å². The molecule has 1 aromatic rings. The van der Waals surface area contributed by atoms with Gasteiger partial charge in [0.1, 0.15) is 6.07 Å². The summed E-state index contributed by atoms with van der Waals surface area (Å²) >= 11 is 3.37. The molecule has 0 aromatic heterocycles. The van der Waals surface area contributed by atoms with Gasteiger partial charge in [0.05, 0.1) is 19.8 Å². The Labute approximate surface area is 104 Å². The first-order chi connectivity index (χ1) is 7.56. The third-order valence-electron chi connectivity index (χ3n) is 2.35. The summed E-state index contributed by atoms with van der Waals surface area (Å²) in [4.78, 5) is 0. The average Bonchev–Trinajstić information content (AvgIpc) is 2.27. The van der Waals surface area contributed by atoms with Crippen LogP contribution in [-0.4, -0.2) is 14.2 Å². The fourth-order valence-electron chi connectivity index (χ4n) is 1.65. The topological polar surface area (TPSA) is 42.2 Å². The number of halogens is 1. The van der Waals surface area contributed by atoms with E-state index in [0.717, 1.165) is 10.0 Å². The van der Waals surface area contributed by atoms with Gasteiger partial charge >= 0.3 is 0 Å². The second kappa shape index (κ2) is 5.22. The first-order valence-corrected chi connectivity index (χ1v) is 5.70. The maximum Gasteiger partial charge on any atom is 0.165 e. The van der Waals surface area contributed by atoms with Crippen LogP contribution in [0.2, 0.25) is 0 Å². The molecule has 0 saturated heterocycles. The minimum absolute atomic E-state index is 0.191. The van der Waals surface area contributed by atoms with Crippen molar-refractivity contribution in [2.75, 3.05) is 14.2 Å². The Kier molecular flexibility index (Phi) is 4.19. The van der Waals surface area contributed by atoms with Crippen LogP contribution in [0.1, 0.15) is 30.9 Å². The van der Waals surface area contributed by atoms with Crippen LogP contribution < -0.4 is 9.47 Å². The fraction of sp³-hybridized carbons (Fsp3) is 0.417. The van der Waals surface area contributed by atoms with E-state index in [1.807, 2.05) is 13.8 Å². The zero-order valence-electron chi connectivity index (χ0n) is 9.80. The predicted molar refractivity (Wildman–Crippen MR) is 66.1 cm³/mol. The van der Waals surface area contributed by atoms with Crippen molar-refractivity contribution in [3.05, 3.63) is 21.7 Å². The van der Waals surface area contributed by atoms with E-state index in [9.17, 15) is 0 Å². The molecule has 0 bridgehead atoms. The zero-order chi connectivity index (χ0) is 12.3. The van der Waals surface area contributed by atoms with E-state index in [-0.39, 0.29) is 5.92 Å². The van der Waals surface area contributed by atoms with Gasteiger partial charge in [0, 0.05) is 10.0 Å². The first-order valence-electron chi connectivity index (χ1n) is 4.91. The van der Waals surface area contributed by atoms with E-state index in [1.165, 1.54) is 0 Å². The van der Waals surface area contributed by atoms with Gasteiger partial charge in [0.2, 0.25) is 0 Å². The van der Waals surface area contributed by atoms with Gasteiger partial charge in [-0.2, -0.15) is 5.26 Å². The Morgan fingerprint density at radius 1 is 1.31 bits per heavy atom. The normalized spacial score (nSPS) is 10.1. The van der Waals surface area contributed by atoms with Crippen molar-refractivity contribution in [1.82, 2.24) is 0 Å². The number of ether oxygens (including phenoxy) is 2. The van der Waals surface area contributed by atoms with E-state index in [2.05, 4.69) is 22.0 Å². The molecule has 0 fully saturated rings. The van der Waals surface area contributed by atoms with Crippen LogP contribution in [0.3, 0.4) is 0 Å². The Morgan fingerprint density at radius 3 is 2.31 bits per heavy atom. The van der Waals surface area contributed by atoms with Crippen molar-refractivity contribution in [1.29, 1.82) is 5.26 Å². The molecule has 0 radical (unpaired) electrons. The summed E-state index contributed by atoms with van der Waals surface area (Å²) in [5.74, 6) is 1.46. The molecule has 1 rings (SSSR count). The maximum atomic E-state index is 9.16. The van der Waals surface area contributed by atoms with Crippen molar-refractivity contribution in [2.45, 2.75) is 19.8 Å². The van der Waals surface area contributed by atoms with Crippen molar-refractivity contribution >= 4 is 15.9 Å². The van der Waals surface area contributed by atoms with E-state index in [0.29, 0.717) is 17.1 Å². The number of methoxy groups -OCH3 is 2. The highest BCUT2D eigenvalue weighted by molar-refractivity contribution is 9.10. The third-order valence-corrected chi connectivity index (χ3v) is 2.97. The van der Waals surface area contributed by atoms with Crippen molar-refractivity contribution in [3.8, 4) is 17.6 Å². The summed E-state index contributed by atoms with van der Waals surface area (Å²) in [6, 6.07) is 3.94. The summed E-state index contributed by atoms with van der Waals surface area (Å²) in [7, 11) is 3.17. The molecule has 0 aliphatic rings. The molecule has 1 aromatic carbocycles. The Morgan fingerprint density at radius 2 is 1.94 bits per heavy atom. The number of benzene rings is 1. The van der Waals surface area contributed by atoms with E-state index in [1.54, 1.807) is 20.3 Å². The lowest BCUT2D eigenvalue weighted by molar-refractivity contribution is 0.350. The molecule has 86 valence electrons. The highest BCUT2D eigenvalue weighted by Crippen LogP contribution is 2.41. The van der Waals surface area contributed by atoms with E-state index >= 15 is 0 Å². The fourth-order valence-corrected chi connectivity index (χ4v) is 2.16. The number of nitriles is 1. The molecule has 0 unspecified atom stereocenters. The van der Waals surface area contributed by atoms with Gasteiger partial charge in [-0.05, 0) is 27.9 Å². The minimum atomic E-state index is 0.191. The quantitative estimate of drug-likeness (QED) is 0.853. The van der Waals surface area contributed by atoms with Gasteiger partial charge in [-0.3, -0.25) is 0 Å². The Balaban J connectivity index is 3.62. The van der Waals surface area contributed by atoms with Crippen molar-refractivity contribution < 1.29 is 9.47 Å². The summed E-state index contributed by atoms with van der Waals surface area (Å²) in [6.07, 6.45) is 0. The molecule has 16 heavy (non-hydrogen) atoms. The molecule has 0 N–H and O–H groups in total. The highest BCUT2D eigenvalue weighted by atomic mass is 79.9. The second-order valence-corrected chi connectivity index (χ2v) is 4.50. The lowest BCUT2D eigenvalue weighted by atomic mass is 9.96. The van der Waals surface area contributed by atoms with Gasteiger partial charge in [0.25, 0.3) is 0 Å². The highest BCUT2D eigenvalue weighted by Gasteiger charge is 2.20. The Bertz CT molecular complexity index is 436. The Hall–Kier alpha value is -1.21. The molecule has 0 aliphatic carbocycles. The van der Waals surface area contributed by atoms with Gasteiger partial charge in [-0.1, -0.05) is 13.8 Å². The van der Waals surface area contributed by atoms with Crippen LogP contribution in [0.15, 0.2) is 10.5 Å². The van der Waals surface area contributed by atoms with Crippen LogP contribution in [0.4, 0.5) is 0 Å². The van der Waals surface area contributed by atoms with Crippen LogP contribution in [0, 0.1) is 11.3 Å². The predicted octanol–water partition coefficient (Wildman–Crippen LogP) is 3.46. The van der Waals surface area contributed by atoms with Crippen LogP contribution in [-0.2, 0) is 0 Å². The largest absolute Gasteiger partial charge is 0.493 e. The molecule has 0 heterocycles. The van der Waals surface area contributed by atoms with Crippen molar-refractivity contribution in [3.63, 3.8) is 0 Å².